The van der Waals surface area contributed by atoms with Gasteiger partial charge < -0.3 is 10.2 Å². The summed E-state index contributed by atoms with van der Waals surface area (Å²) >= 11 is 7.01. The molecule has 0 spiro atoms. The van der Waals surface area contributed by atoms with Crippen LogP contribution in [0.15, 0.2) is 36.4 Å². The zero-order chi connectivity index (χ0) is 16.4. The summed E-state index contributed by atoms with van der Waals surface area (Å²) in [5.41, 5.74) is 0.732. The van der Waals surface area contributed by atoms with Gasteiger partial charge in [-0.1, -0.05) is 23.7 Å². The Kier molecular flexibility index (Phi) is 4.63. The van der Waals surface area contributed by atoms with Crippen LogP contribution in [0, 0.1) is 5.82 Å². The van der Waals surface area contributed by atoms with Gasteiger partial charge in [-0.05, 0) is 29.8 Å². The highest BCUT2D eigenvalue weighted by atomic mass is 35.5. The molecule has 3 rings (SSSR count). The molecule has 1 saturated heterocycles. The number of carbonyl (C=O) groups excluding carboxylic acids is 2. The van der Waals surface area contributed by atoms with Crippen molar-refractivity contribution in [3.8, 4) is 0 Å². The van der Waals surface area contributed by atoms with Crippen LogP contribution in [0.4, 0.5) is 4.39 Å². The van der Waals surface area contributed by atoms with Gasteiger partial charge in [-0.3, -0.25) is 9.59 Å². The number of hydrogen-bond acceptors (Lipinski definition) is 3. The Labute approximate surface area is 141 Å². The maximum Gasteiger partial charge on any atom is 0.261 e. The molecule has 0 unspecified atom stereocenters. The van der Waals surface area contributed by atoms with Crippen LogP contribution < -0.4 is 5.32 Å². The Balaban J connectivity index is 1.60. The third-order valence-electron chi connectivity index (χ3n) is 3.61. The fourth-order valence-corrected chi connectivity index (χ4v) is 3.52. The minimum atomic E-state index is -0.325. The van der Waals surface area contributed by atoms with Crippen LogP contribution in [0.25, 0.3) is 0 Å². The first-order chi connectivity index (χ1) is 11.0. The lowest BCUT2D eigenvalue weighted by atomic mass is 10.2. The number of hydrogen-bond donors (Lipinski definition) is 1. The van der Waals surface area contributed by atoms with Crippen molar-refractivity contribution in [2.75, 3.05) is 6.54 Å². The first-order valence-corrected chi connectivity index (χ1v) is 8.29. The Morgan fingerprint density at radius 2 is 2.22 bits per heavy atom. The number of likely N-dealkylation sites (tertiary alicyclic amines) is 1. The second-order valence-electron chi connectivity index (χ2n) is 5.38. The van der Waals surface area contributed by atoms with E-state index >= 15 is 0 Å². The van der Waals surface area contributed by atoms with Crippen molar-refractivity contribution >= 4 is 34.8 Å². The van der Waals surface area contributed by atoms with Gasteiger partial charge in [0.2, 0.25) is 5.91 Å². The van der Waals surface area contributed by atoms with Crippen molar-refractivity contribution in [1.29, 1.82) is 0 Å². The second-order valence-corrected chi connectivity index (χ2v) is 7.10. The molecule has 0 radical (unpaired) electrons. The standard InChI is InChI=1S/C16H14ClFN2O2S/c17-14-5-4-13(23-14)16(22)19-12-7-15(21)20(9-12)8-10-2-1-3-11(18)6-10/h1-6,12H,7-9H2,(H,19,22)/t12-/m1/s1. The largest absolute Gasteiger partial charge is 0.346 e. The SMILES string of the molecule is O=C(N[C@@H]1CC(=O)N(Cc2cccc(F)c2)C1)c1ccc(Cl)s1. The summed E-state index contributed by atoms with van der Waals surface area (Å²) in [7, 11) is 0. The van der Waals surface area contributed by atoms with Crippen molar-refractivity contribution in [3.05, 3.63) is 57.0 Å². The summed E-state index contributed by atoms with van der Waals surface area (Å²) in [5, 5.41) is 2.84. The zero-order valence-corrected chi connectivity index (χ0v) is 13.7. The van der Waals surface area contributed by atoms with E-state index in [1.807, 2.05) is 0 Å². The molecule has 7 heteroatoms. The minimum Gasteiger partial charge on any atom is -0.346 e. The van der Waals surface area contributed by atoms with Crippen LogP contribution in [0.5, 0.6) is 0 Å². The van der Waals surface area contributed by atoms with E-state index in [0.29, 0.717) is 22.3 Å². The third-order valence-corrected chi connectivity index (χ3v) is 4.84. The predicted octanol–water partition coefficient (Wildman–Crippen LogP) is 3.07. The molecule has 1 aliphatic heterocycles. The molecule has 1 aromatic heterocycles. The molecule has 2 aromatic rings. The van der Waals surface area contributed by atoms with E-state index in [0.717, 1.165) is 5.56 Å². The van der Waals surface area contributed by atoms with Crippen LogP contribution >= 0.6 is 22.9 Å². The van der Waals surface area contributed by atoms with Crippen molar-refractivity contribution in [2.45, 2.75) is 19.0 Å². The number of benzene rings is 1. The molecule has 1 fully saturated rings. The lowest BCUT2D eigenvalue weighted by molar-refractivity contribution is -0.128. The van der Waals surface area contributed by atoms with Crippen LogP contribution in [-0.4, -0.2) is 29.3 Å². The van der Waals surface area contributed by atoms with Crippen molar-refractivity contribution in [3.63, 3.8) is 0 Å². The van der Waals surface area contributed by atoms with Gasteiger partial charge in [0.15, 0.2) is 0 Å². The summed E-state index contributed by atoms with van der Waals surface area (Å²) in [6.45, 7) is 0.758. The Hall–Kier alpha value is -1.92. The van der Waals surface area contributed by atoms with Gasteiger partial charge in [0.05, 0.1) is 15.3 Å². The minimum absolute atomic E-state index is 0.0521. The molecule has 0 saturated carbocycles. The molecule has 1 atom stereocenters. The van der Waals surface area contributed by atoms with E-state index in [9.17, 15) is 14.0 Å². The Morgan fingerprint density at radius 3 is 2.91 bits per heavy atom. The number of halogens is 2. The Bertz CT molecular complexity index is 749. The molecule has 1 aliphatic rings. The van der Waals surface area contributed by atoms with Crippen LogP contribution in [-0.2, 0) is 11.3 Å². The summed E-state index contributed by atoms with van der Waals surface area (Å²) in [6, 6.07) is 9.24. The van der Waals surface area contributed by atoms with E-state index in [2.05, 4.69) is 5.32 Å². The fraction of sp³-hybridized carbons (Fsp3) is 0.250. The number of nitrogens with zero attached hydrogens (tertiary/aromatic N) is 1. The van der Waals surface area contributed by atoms with E-state index in [4.69, 9.17) is 11.6 Å². The maximum atomic E-state index is 13.2. The average Bonchev–Trinajstić information content (AvgIpc) is 3.06. The lowest BCUT2D eigenvalue weighted by Gasteiger charge is -2.17. The molecule has 1 N–H and O–H groups in total. The predicted molar refractivity (Wildman–Crippen MR) is 87.0 cm³/mol. The zero-order valence-electron chi connectivity index (χ0n) is 12.1. The van der Waals surface area contributed by atoms with E-state index in [-0.39, 0.29) is 30.1 Å². The highest BCUT2D eigenvalue weighted by Gasteiger charge is 2.31. The third kappa shape index (κ3) is 3.89. The van der Waals surface area contributed by atoms with Gasteiger partial charge in [0.25, 0.3) is 5.91 Å². The normalized spacial score (nSPS) is 17.6. The second kappa shape index (κ2) is 6.68. The van der Waals surface area contributed by atoms with E-state index in [1.54, 1.807) is 29.2 Å². The van der Waals surface area contributed by atoms with Gasteiger partial charge in [0, 0.05) is 19.5 Å². The molecule has 0 bridgehead atoms. The van der Waals surface area contributed by atoms with E-state index in [1.165, 1.54) is 23.5 Å². The molecule has 4 nitrogen and oxygen atoms in total. The number of rotatable bonds is 4. The number of amides is 2. The molecular formula is C16H14ClFN2O2S. The van der Waals surface area contributed by atoms with Crippen molar-refractivity contribution < 1.29 is 14.0 Å². The number of nitrogens with one attached hydrogen (secondary N) is 1. The van der Waals surface area contributed by atoms with E-state index < -0.39 is 0 Å². The molecule has 1 aromatic carbocycles. The number of carbonyl (C=O) groups is 2. The first-order valence-electron chi connectivity index (χ1n) is 7.09. The van der Waals surface area contributed by atoms with Crippen molar-refractivity contribution in [1.82, 2.24) is 10.2 Å². The van der Waals surface area contributed by atoms with Gasteiger partial charge >= 0.3 is 0 Å². The van der Waals surface area contributed by atoms with Gasteiger partial charge in [0.1, 0.15) is 5.82 Å². The summed E-state index contributed by atoms with van der Waals surface area (Å²) in [4.78, 5) is 26.3. The summed E-state index contributed by atoms with van der Waals surface area (Å²) in [6.07, 6.45) is 0.250. The molecule has 120 valence electrons. The van der Waals surface area contributed by atoms with Gasteiger partial charge in [-0.25, -0.2) is 4.39 Å². The quantitative estimate of drug-likeness (QED) is 0.919. The molecule has 2 heterocycles. The monoisotopic (exact) mass is 352 g/mol. The average molecular weight is 353 g/mol. The van der Waals surface area contributed by atoms with Gasteiger partial charge in [-0.15, -0.1) is 11.3 Å². The molecule has 0 aliphatic carbocycles. The fourth-order valence-electron chi connectivity index (χ4n) is 2.57. The molecular weight excluding hydrogens is 339 g/mol. The van der Waals surface area contributed by atoms with Crippen LogP contribution in [0.1, 0.15) is 21.7 Å². The summed E-state index contributed by atoms with van der Waals surface area (Å²) < 4.78 is 13.8. The smallest absolute Gasteiger partial charge is 0.261 e. The number of thiophene rings is 1. The molecule has 2 amide bonds. The van der Waals surface area contributed by atoms with Crippen molar-refractivity contribution in [2.24, 2.45) is 0 Å². The first kappa shape index (κ1) is 16.0. The molecule has 23 heavy (non-hydrogen) atoms. The lowest BCUT2D eigenvalue weighted by Crippen LogP contribution is -2.36. The highest BCUT2D eigenvalue weighted by Crippen LogP contribution is 2.22. The maximum absolute atomic E-state index is 13.2. The summed E-state index contributed by atoms with van der Waals surface area (Å²) in [5.74, 6) is -0.607. The van der Waals surface area contributed by atoms with Crippen LogP contribution in [0.2, 0.25) is 4.34 Å². The van der Waals surface area contributed by atoms with Crippen LogP contribution in [0.3, 0.4) is 0 Å². The van der Waals surface area contributed by atoms with Gasteiger partial charge in [-0.2, -0.15) is 0 Å². The topological polar surface area (TPSA) is 49.4 Å². The Morgan fingerprint density at radius 1 is 1.39 bits per heavy atom. The highest BCUT2D eigenvalue weighted by molar-refractivity contribution is 7.18.